The average molecular weight is 401 g/mol. The molecule has 2 aromatic carbocycles. The van der Waals surface area contributed by atoms with Gasteiger partial charge in [0.2, 0.25) is 10.0 Å². The van der Waals surface area contributed by atoms with Gasteiger partial charge >= 0.3 is 0 Å². The summed E-state index contributed by atoms with van der Waals surface area (Å²) in [5, 5.41) is 3.62. The van der Waals surface area contributed by atoms with Gasteiger partial charge in [0.05, 0.1) is 17.6 Å². The summed E-state index contributed by atoms with van der Waals surface area (Å²) >= 11 is 0. The standard InChI is InChI=1S/C23H32N2O2S/c1-19(17-20-11-5-3-6-12-20)24-18-21-13-9-10-16-23(21)25(28(2,26)27)22-14-7-4-8-15-22/h4,7-10,13-16,19-20,24H,3,5-6,11-12,17-18H2,1-2H3. The largest absolute Gasteiger partial charge is 0.310 e. The Bertz CT molecular complexity index is 846. The van der Waals surface area contributed by atoms with Gasteiger partial charge in [-0.05, 0) is 43.0 Å². The molecule has 0 aromatic heterocycles. The first-order chi connectivity index (χ1) is 13.4. The predicted octanol–water partition coefficient (Wildman–Crippen LogP) is 5.23. The third-order valence-electron chi connectivity index (χ3n) is 5.59. The highest BCUT2D eigenvalue weighted by atomic mass is 32.2. The van der Waals surface area contributed by atoms with E-state index in [0.717, 1.165) is 11.5 Å². The molecule has 0 radical (unpaired) electrons. The molecule has 0 heterocycles. The van der Waals surface area contributed by atoms with Crippen molar-refractivity contribution in [2.45, 2.75) is 58.0 Å². The summed E-state index contributed by atoms with van der Waals surface area (Å²) in [4.78, 5) is 0. The third kappa shape index (κ3) is 5.58. The molecule has 0 amide bonds. The van der Waals surface area contributed by atoms with Gasteiger partial charge in [0.25, 0.3) is 0 Å². The molecule has 1 fully saturated rings. The Morgan fingerprint density at radius 2 is 1.64 bits per heavy atom. The quantitative estimate of drug-likeness (QED) is 0.660. The number of hydrogen-bond donors (Lipinski definition) is 1. The van der Waals surface area contributed by atoms with E-state index in [4.69, 9.17) is 0 Å². The van der Waals surface area contributed by atoms with E-state index in [0.29, 0.717) is 24.0 Å². The van der Waals surface area contributed by atoms with Crippen LogP contribution in [0.5, 0.6) is 0 Å². The summed E-state index contributed by atoms with van der Waals surface area (Å²) in [5.74, 6) is 0.823. The summed E-state index contributed by atoms with van der Waals surface area (Å²) in [6, 6.07) is 17.5. The second kappa shape index (κ2) is 9.57. The van der Waals surface area contributed by atoms with Gasteiger partial charge in [0, 0.05) is 12.6 Å². The number of sulfonamides is 1. The maximum atomic E-state index is 12.6. The van der Waals surface area contributed by atoms with Crippen LogP contribution in [0.3, 0.4) is 0 Å². The summed E-state index contributed by atoms with van der Waals surface area (Å²) in [7, 11) is -3.45. The van der Waals surface area contributed by atoms with E-state index < -0.39 is 10.0 Å². The fourth-order valence-electron chi connectivity index (χ4n) is 4.22. The van der Waals surface area contributed by atoms with Crippen LogP contribution in [-0.2, 0) is 16.6 Å². The lowest BCUT2D eigenvalue weighted by Gasteiger charge is -2.27. The van der Waals surface area contributed by atoms with Gasteiger partial charge in [-0.1, -0.05) is 68.5 Å². The first kappa shape index (κ1) is 20.9. The van der Waals surface area contributed by atoms with E-state index in [1.165, 1.54) is 49.1 Å². The Kier molecular flexibility index (Phi) is 7.13. The van der Waals surface area contributed by atoms with Crippen molar-refractivity contribution in [2.24, 2.45) is 5.92 Å². The first-order valence-electron chi connectivity index (χ1n) is 10.3. The van der Waals surface area contributed by atoms with Crippen molar-refractivity contribution in [2.75, 3.05) is 10.6 Å². The molecule has 0 bridgehead atoms. The van der Waals surface area contributed by atoms with E-state index in [-0.39, 0.29) is 0 Å². The third-order valence-corrected chi connectivity index (χ3v) is 6.66. The second-order valence-corrected chi connectivity index (χ2v) is 9.84. The average Bonchev–Trinajstić information content (AvgIpc) is 2.68. The Morgan fingerprint density at radius 1 is 1.00 bits per heavy atom. The molecule has 1 saturated carbocycles. The Hall–Kier alpha value is -1.85. The molecule has 5 heteroatoms. The fraction of sp³-hybridized carbons (Fsp3) is 0.478. The zero-order valence-electron chi connectivity index (χ0n) is 17.0. The molecular formula is C23H32N2O2S. The maximum absolute atomic E-state index is 12.6. The Morgan fingerprint density at radius 3 is 2.32 bits per heavy atom. The highest BCUT2D eigenvalue weighted by molar-refractivity contribution is 7.92. The fourth-order valence-corrected chi connectivity index (χ4v) is 5.26. The maximum Gasteiger partial charge on any atom is 0.236 e. The van der Waals surface area contributed by atoms with Crippen molar-refractivity contribution in [3.63, 3.8) is 0 Å². The molecule has 3 rings (SSSR count). The van der Waals surface area contributed by atoms with Crippen LogP contribution in [0.1, 0.15) is 51.0 Å². The molecule has 1 unspecified atom stereocenters. The van der Waals surface area contributed by atoms with Crippen molar-refractivity contribution in [3.8, 4) is 0 Å². The number of rotatable bonds is 8. The zero-order valence-corrected chi connectivity index (χ0v) is 17.8. The van der Waals surface area contributed by atoms with Crippen LogP contribution in [-0.4, -0.2) is 20.7 Å². The van der Waals surface area contributed by atoms with E-state index in [1.807, 2.05) is 54.6 Å². The van der Waals surface area contributed by atoms with Crippen LogP contribution in [0.4, 0.5) is 11.4 Å². The highest BCUT2D eigenvalue weighted by Gasteiger charge is 2.22. The van der Waals surface area contributed by atoms with Crippen molar-refractivity contribution < 1.29 is 8.42 Å². The van der Waals surface area contributed by atoms with Crippen LogP contribution in [0.15, 0.2) is 54.6 Å². The van der Waals surface area contributed by atoms with Gasteiger partial charge < -0.3 is 5.32 Å². The molecule has 1 N–H and O–H groups in total. The smallest absolute Gasteiger partial charge is 0.236 e. The van der Waals surface area contributed by atoms with Crippen LogP contribution in [0, 0.1) is 5.92 Å². The number of benzene rings is 2. The van der Waals surface area contributed by atoms with Crippen LogP contribution in [0.2, 0.25) is 0 Å². The minimum absolute atomic E-state index is 0.416. The number of para-hydroxylation sites is 2. The molecule has 1 atom stereocenters. The molecule has 28 heavy (non-hydrogen) atoms. The zero-order chi connectivity index (χ0) is 20.0. The summed E-state index contributed by atoms with van der Waals surface area (Å²) in [6.07, 6.45) is 9.25. The number of nitrogens with zero attached hydrogens (tertiary/aromatic N) is 1. The lowest BCUT2D eigenvalue weighted by atomic mass is 9.85. The van der Waals surface area contributed by atoms with Gasteiger partial charge in [-0.25, -0.2) is 12.7 Å². The normalized spacial score (nSPS) is 16.6. The highest BCUT2D eigenvalue weighted by Crippen LogP contribution is 2.31. The Labute approximate surface area is 170 Å². The van der Waals surface area contributed by atoms with E-state index in [9.17, 15) is 8.42 Å². The van der Waals surface area contributed by atoms with E-state index in [2.05, 4.69) is 12.2 Å². The molecule has 1 aliphatic rings. The molecule has 1 aliphatic carbocycles. The van der Waals surface area contributed by atoms with Gasteiger partial charge in [-0.15, -0.1) is 0 Å². The van der Waals surface area contributed by atoms with Crippen LogP contribution < -0.4 is 9.62 Å². The van der Waals surface area contributed by atoms with E-state index in [1.54, 1.807) is 0 Å². The SMILES string of the molecule is CC(CC1CCCCC1)NCc1ccccc1N(c1ccccc1)S(C)(=O)=O. The number of anilines is 2. The molecule has 4 nitrogen and oxygen atoms in total. The topological polar surface area (TPSA) is 49.4 Å². The minimum Gasteiger partial charge on any atom is -0.310 e. The lowest BCUT2D eigenvalue weighted by molar-refractivity contribution is 0.305. The molecule has 0 spiro atoms. The van der Waals surface area contributed by atoms with Crippen molar-refractivity contribution in [1.82, 2.24) is 5.32 Å². The molecule has 152 valence electrons. The van der Waals surface area contributed by atoms with Crippen molar-refractivity contribution in [3.05, 3.63) is 60.2 Å². The first-order valence-corrected chi connectivity index (χ1v) is 12.2. The van der Waals surface area contributed by atoms with Crippen LogP contribution in [0.25, 0.3) is 0 Å². The van der Waals surface area contributed by atoms with Crippen LogP contribution >= 0.6 is 0 Å². The summed E-state index contributed by atoms with van der Waals surface area (Å²) < 4.78 is 26.6. The second-order valence-electron chi connectivity index (χ2n) is 8.01. The molecule has 2 aromatic rings. The van der Waals surface area contributed by atoms with Gasteiger partial charge in [0.1, 0.15) is 0 Å². The van der Waals surface area contributed by atoms with Gasteiger partial charge in [-0.3, -0.25) is 0 Å². The predicted molar refractivity (Wildman–Crippen MR) is 117 cm³/mol. The van der Waals surface area contributed by atoms with E-state index >= 15 is 0 Å². The molecule has 0 saturated heterocycles. The van der Waals surface area contributed by atoms with Gasteiger partial charge in [0.15, 0.2) is 0 Å². The Balaban J connectivity index is 1.76. The molecular weight excluding hydrogens is 368 g/mol. The molecule has 0 aliphatic heterocycles. The number of hydrogen-bond acceptors (Lipinski definition) is 3. The van der Waals surface area contributed by atoms with Gasteiger partial charge in [-0.2, -0.15) is 0 Å². The van der Waals surface area contributed by atoms with Crippen molar-refractivity contribution >= 4 is 21.4 Å². The van der Waals surface area contributed by atoms with Crippen molar-refractivity contribution in [1.29, 1.82) is 0 Å². The lowest BCUT2D eigenvalue weighted by Crippen LogP contribution is -2.30. The summed E-state index contributed by atoms with van der Waals surface area (Å²) in [6.45, 7) is 2.89. The number of nitrogens with one attached hydrogen (secondary N) is 1. The minimum atomic E-state index is -3.45. The monoisotopic (exact) mass is 400 g/mol. The summed E-state index contributed by atoms with van der Waals surface area (Å²) in [5.41, 5.74) is 2.37.